The first-order valence-electron chi connectivity index (χ1n) is 9.12. The van der Waals surface area contributed by atoms with Crippen molar-refractivity contribution in [1.29, 1.82) is 0 Å². The largest absolute Gasteiger partial charge is 0.206 e. The van der Waals surface area contributed by atoms with Crippen LogP contribution in [-0.4, -0.2) is 0 Å². The van der Waals surface area contributed by atoms with Crippen molar-refractivity contribution >= 4 is 0 Å². The summed E-state index contributed by atoms with van der Waals surface area (Å²) in [6.07, 6.45) is 9.64. The van der Waals surface area contributed by atoms with Gasteiger partial charge in [0.1, 0.15) is 5.82 Å². The highest BCUT2D eigenvalue weighted by Crippen LogP contribution is 2.25. The molecule has 0 atom stereocenters. The molecule has 0 fully saturated rings. The van der Waals surface area contributed by atoms with Gasteiger partial charge in [-0.2, -0.15) is 0 Å². The first kappa shape index (κ1) is 17.7. The lowest BCUT2D eigenvalue weighted by molar-refractivity contribution is 0.628. The molecule has 124 valence electrons. The number of aryl methyl sites for hydroxylation is 2. The summed E-state index contributed by atoms with van der Waals surface area (Å²) in [5, 5.41) is 0. The van der Waals surface area contributed by atoms with E-state index in [0.717, 1.165) is 30.4 Å². The van der Waals surface area contributed by atoms with Crippen molar-refractivity contribution in [2.24, 2.45) is 0 Å². The smallest absolute Gasteiger partial charge is 0.131 e. The average molecular weight is 312 g/mol. The Balaban J connectivity index is 1.96. The van der Waals surface area contributed by atoms with Crippen molar-refractivity contribution in [3.05, 3.63) is 59.4 Å². The highest BCUT2D eigenvalue weighted by atomic mass is 19.1. The van der Waals surface area contributed by atoms with E-state index >= 15 is 0 Å². The highest BCUT2D eigenvalue weighted by molar-refractivity contribution is 5.64. The molecule has 0 spiro atoms. The van der Waals surface area contributed by atoms with Gasteiger partial charge in [-0.3, -0.25) is 0 Å². The molecule has 0 heterocycles. The van der Waals surface area contributed by atoms with Crippen LogP contribution in [0.2, 0.25) is 0 Å². The Morgan fingerprint density at radius 1 is 0.696 bits per heavy atom. The summed E-state index contributed by atoms with van der Waals surface area (Å²) >= 11 is 0. The molecule has 0 bridgehead atoms. The first-order chi connectivity index (χ1) is 11.2. The number of rotatable bonds is 9. The third-order valence-corrected chi connectivity index (χ3v) is 4.41. The summed E-state index contributed by atoms with van der Waals surface area (Å²) in [5.74, 6) is -0.108. The van der Waals surface area contributed by atoms with E-state index in [0.29, 0.717) is 5.56 Å². The summed E-state index contributed by atoms with van der Waals surface area (Å²) in [6.45, 7) is 4.36. The van der Waals surface area contributed by atoms with Gasteiger partial charge in [0.25, 0.3) is 0 Å². The number of halogens is 1. The van der Waals surface area contributed by atoms with Crippen molar-refractivity contribution in [3.63, 3.8) is 0 Å². The zero-order valence-corrected chi connectivity index (χ0v) is 14.6. The Kier molecular flexibility index (Phi) is 7.32. The average Bonchev–Trinajstić information content (AvgIpc) is 2.56. The topological polar surface area (TPSA) is 0 Å². The third kappa shape index (κ3) is 5.49. The Bertz CT molecular complexity index is 583. The normalized spacial score (nSPS) is 10.9. The minimum atomic E-state index is -0.108. The monoisotopic (exact) mass is 312 g/mol. The molecule has 23 heavy (non-hydrogen) atoms. The summed E-state index contributed by atoms with van der Waals surface area (Å²) in [7, 11) is 0. The summed E-state index contributed by atoms with van der Waals surface area (Å²) in [6, 6.07) is 14.0. The van der Waals surface area contributed by atoms with E-state index in [2.05, 4.69) is 38.1 Å². The molecule has 0 aliphatic rings. The molecule has 2 aromatic rings. The lowest BCUT2D eigenvalue weighted by atomic mass is 9.99. The second-order valence-electron chi connectivity index (χ2n) is 6.43. The molecule has 0 amide bonds. The van der Waals surface area contributed by atoms with E-state index in [1.54, 1.807) is 6.07 Å². The molecular formula is C22H29F. The summed E-state index contributed by atoms with van der Waals surface area (Å²) in [4.78, 5) is 0. The van der Waals surface area contributed by atoms with E-state index in [-0.39, 0.29) is 5.82 Å². The molecule has 0 nitrogen and oxygen atoms in total. The predicted molar refractivity (Wildman–Crippen MR) is 98.3 cm³/mol. The van der Waals surface area contributed by atoms with Crippen LogP contribution in [0.5, 0.6) is 0 Å². The van der Waals surface area contributed by atoms with Crippen molar-refractivity contribution in [2.75, 3.05) is 0 Å². The predicted octanol–water partition coefficient (Wildman–Crippen LogP) is 6.96. The van der Waals surface area contributed by atoms with Crippen LogP contribution in [0.3, 0.4) is 0 Å². The maximum absolute atomic E-state index is 14.3. The standard InChI is InChI=1S/C22H29F/c1-3-5-6-7-8-10-18-11-14-20(15-12-18)21-16-13-19(9-4-2)17-22(21)23/h11-17H,3-10H2,1-2H3. The van der Waals surface area contributed by atoms with Crippen molar-refractivity contribution in [3.8, 4) is 11.1 Å². The van der Waals surface area contributed by atoms with Gasteiger partial charge in [0, 0.05) is 5.56 Å². The lowest BCUT2D eigenvalue weighted by Crippen LogP contribution is -1.90. The van der Waals surface area contributed by atoms with E-state index in [4.69, 9.17) is 0 Å². The Hall–Kier alpha value is -1.63. The van der Waals surface area contributed by atoms with Gasteiger partial charge in [-0.15, -0.1) is 0 Å². The van der Waals surface area contributed by atoms with Crippen molar-refractivity contribution < 1.29 is 4.39 Å². The minimum absolute atomic E-state index is 0.108. The van der Waals surface area contributed by atoms with Gasteiger partial charge in [0.15, 0.2) is 0 Å². The van der Waals surface area contributed by atoms with Gasteiger partial charge in [0.05, 0.1) is 0 Å². The molecule has 0 aliphatic heterocycles. The van der Waals surface area contributed by atoms with Gasteiger partial charge in [-0.25, -0.2) is 4.39 Å². The number of benzene rings is 2. The number of hydrogen-bond acceptors (Lipinski definition) is 0. The molecule has 0 unspecified atom stereocenters. The molecule has 1 heteroatoms. The van der Waals surface area contributed by atoms with Gasteiger partial charge in [0.2, 0.25) is 0 Å². The van der Waals surface area contributed by atoms with Crippen LogP contribution in [-0.2, 0) is 12.8 Å². The van der Waals surface area contributed by atoms with Crippen LogP contribution in [0.1, 0.15) is 63.5 Å². The van der Waals surface area contributed by atoms with Gasteiger partial charge >= 0.3 is 0 Å². The Morgan fingerprint density at radius 3 is 2.04 bits per heavy atom. The quantitative estimate of drug-likeness (QED) is 0.439. The maximum Gasteiger partial charge on any atom is 0.131 e. The van der Waals surface area contributed by atoms with Crippen LogP contribution in [0.15, 0.2) is 42.5 Å². The molecule has 0 saturated heterocycles. The van der Waals surface area contributed by atoms with Crippen LogP contribution in [0.4, 0.5) is 4.39 Å². The fourth-order valence-corrected chi connectivity index (χ4v) is 3.02. The SMILES string of the molecule is CCCCCCCc1ccc(-c2ccc(CCC)cc2F)cc1. The van der Waals surface area contributed by atoms with Gasteiger partial charge in [-0.05, 0) is 42.0 Å². The molecular weight excluding hydrogens is 283 g/mol. The van der Waals surface area contributed by atoms with E-state index in [1.165, 1.54) is 37.7 Å². The zero-order chi connectivity index (χ0) is 16.5. The van der Waals surface area contributed by atoms with Crippen LogP contribution >= 0.6 is 0 Å². The Morgan fingerprint density at radius 2 is 1.39 bits per heavy atom. The summed E-state index contributed by atoms with van der Waals surface area (Å²) < 4.78 is 14.3. The minimum Gasteiger partial charge on any atom is -0.206 e. The third-order valence-electron chi connectivity index (χ3n) is 4.41. The van der Waals surface area contributed by atoms with E-state index in [1.807, 2.05) is 12.1 Å². The number of unbranched alkanes of at least 4 members (excludes halogenated alkanes) is 4. The van der Waals surface area contributed by atoms with E-state index < -0.39 is 0 Å². The molecule has 0 saturated carbocycles. The fourth-order valence-electron chi connectivity index (χ4n) is 3.02. The van der Waals surface area contributed by atoms with Crippen molar-refractivity contribution in [2.45, 2.75) is 65.2 Å². The number of hydrogen-bond donors (Lipinski definition) is 0. The molecule has 2 rings (SSSR count). The van der Waals surface area contributed by atoms with E-state index in [9.17, 15) is 4.39 Å². The maximum atomic E-state index is 14.3. The first-order valence-corrected chi connectivity index (χ1v) is 9.12. The second-order valence-corrected chi connectivity index (χ2v) is 6.43. The molecule has 0 N–H and O–H groups in total. The molecule has 0 aromatic heterocycles. The van der Waals surface area contributed by atoms with Crippen LogP contribution in [0.25, 0.3) is 11.1 Å². The molecule has 0 radical (unpaired) electrons. The molecule has 2 aromatic carbocycles. The van der Waals surface area contributed by atoms with Gasteiger partial charge in [-0.1, -0.05) is 82.3 Å². The zero-order valence-electron chi connectivity index (χ0n) is 14.6. The summed E-state index contributed by atoms with van der Waals surface area (Å²) in [5.41, 5.74) is 4.12. The molecule has 0 aliphatic carbocycles. The van der Waals surface area contributed by atoms with Gasteiger partial charge < -0.3 is 0 Å². The second kappa shape index (κ2) is 9.50. The fraction of sp³-hybridized carbons (Fsp3) is 0.455. The van der Waals surface area contributed by atoms with Crippen LogP contribution in [0, 0.1) is 5.82 Å². The van der Waals surface area contributed by atoms with Crippen LogP contribution < -0.4 is 0 Å². The highest BCUT2D eigenvalue weighted by Gasteiger charge is 2.06. The lowest BCUT2D eigenvalue weighted by Gasteiger charge is -2.08. The Labute approximate surface area is 140 Å². The van der Waals surface area contributed by atoms with Crippen molar-refractivity contribution in [1.82, 2.24) is 0 Å².